The molecule has 1 aromatic carbocycles. The molecule has 0 aliphatic carbocycles. The average Bonchev–Trinajstić information content (AvgIpc) is 2.41. The molecule has 20 heavy (non-hydrogen) atoms. The molecule has 0 bridgehead atoms. The van der Waals surface area contributed by atoms with Crippen LogP contribution < -0.4 is 5.32 Å². The van der Waals surface area contributed by atoms with Crippen LogP contribution in [-0.4, -0.2) is 11.5 Å². The van der Waals surface area contributed by atoms with Crippen molar-refractivity contribution < 1.29 is 4.39 Å². The second kappa shape index (κ2) is 6.15. The van der Waals surface area contributed by atoms with E-state index in [1.807, 2.05) is 6.07 Å². The fourth-order valence-electron chi connectivity index (χ4n) is 2.06. The third-order valence-corrected chi connectivity index (χ3v) is 3.79. The Morgan fingerprint density at radius 2 is 2.00 bits per heavy atom. The van der Waals surface area contributed by atoms with E-state index in [9.17, 15) is 4.39 Å². The Morgan fingerprint density at radius 1 is 1.30 bits per heavy atom. The van der Waals surface area contributed by atoms with Crippen LogP contribution in [0.5, 0.6) is 0 Å². The quantitative estimate of drug-likeness (QED) is 0.740. The summed E-state index contributed by atoms with van der Waals surface area (Å²) >= 11 is 11.9. The van der Waals surface area contributed by atoms with Crippen molar-refractivity contribution in [1.29, 1.82) is 0 Å². The van der Waals surface area contributed by atoms with E-state index < -0.39 is 5.82 Å². The van der Waals surface area contributed by atoms with Gasteiger partial charge in [-0.3, -0.25) is 0 Å². The maximum Gasteiger partial charge on any atom is 0.161 e. The fourth-order valence-corrected chi connectivity index (χ4v) is 2.56. The zero-order valence-electron chi connectivity index (χ0n) is 11.7. The van der Waals surface area contributed by atoms with Crippen molar-refractivity contribution in [3.8, 4) is 0 Å². The summed E-state index contributed by atoms with van der Waals surface area (Å²) in [5.41, 5.74) is 1.62. The molecule has 0 unspecified atom stereocenters. The van der Waals surface area contributed by atoms with Crippen LogP contribution in [-0.2, 0) is 0 Å². The predicted molar refractivity (Wildman–Crippen MR) is 84.6 cm³/mol. The first-order valence-electron chi connectivity index (χ1n) is 6.67. The molecule has 2 aromatic rings. The standard InChI is InChI=1S/C15H17Cl2FN2/c1-4-5-19-15-9(8(2)3)6-10-12(20-15)7-11(16)14(18)13(10)17/h6-8H,4-5H2,1-3H3,(H,19,20). The highest BCUT2D eigenvalue weighted by Crippen LogP contribution is 2.35. The summed E-state index contributed by atoms with van der Waals surface area (Å²) in [7, 11) is 0. The first-order valence-corrected chi connectivity index (χ1v) is 7.43. The van der Waals surface area contributed by atoms with Crippen molar-refractivity contribution in [2.24, 2.45) is 0 Å². The minimum atomic E-state index is -0.591. The highest BCUT2D eigenvalue weighted by atomic mass is 35.5. The van der Waals surface area contributed by atoms with E-state index in [-0.39, 0.29) is 16.0 Å². The predicted octanol–water partition coefficient (Wildman–Crippen LogP) is 5.63. The number of benzene rings is 1. The van der Waals surface area contributed by atoms with E-state index in [0.29, 0.717) is 10.9 Å². The van der Waals surface area contributed by atoms with Crippen LogP contribution in [0.15, 0.2) is 12.1 Å². The average molecular weight is 315 g/mol. The molecule has 0 amide bonds. The molecule has 0 radical (unpaired) electrons. The Morgan fingerprint density at radius 3 is 2.60 bits per heavy atom. The Kier molecular flexibility index (Phi) is 4.71. The first-order chi connectivity index (χ1) is 9.45. The summed E-state index contributed by atoms with van der Waals surface area (Å²) < 4.78 is 13.8. The smallest absolute Gasteiger partial charge is 0.161 e. The molecule has 1 N–H and O–H groups in total. The van der Waals surface area contributed by atoms with E-state index in [1.54, 1.807) is 0 Å². The molecular formula is C15H17Cl2FN2. The number of fused-ring (bicyclic) bond motifs is 1. The zero-order valence-corrected chi connectivity index (χ0v) is 13.2. The Balaban J connectivity index is 2.68. The van der Waals surface area contributed by atoms with Crippen molar-refractivity contribution in [2.45, 2.75) is 33.1 Å². The van der Waals surface area contributed by atoms with Crippen molar-refractivity contribution in [2.75, 3.05) is 11.9 Å². The Bertz CT molecular complexity index is 642. The fraction of sp³-hybridized carbons (Fsp3) is 0.400. The minimum Gasteiger partial charge on any atom is -0.370 e. The molecule has 0 saturated carbocycles. The van der Waals surface area contributed by atoms with Crippen LogP contribution in [0.4, 0.5) is 10.2 Å². The summed E-state index contributed by atoms with van der Waals surface area (Å²) in [5.74, 6) is 0.487. The number of anilines is 1. The molecule has 0 atom stereocenters. The molecule has 5 heteroatoms. The lowest BCUT2D eigenvalue weighted by Crippen LogP contribution is -2.07. The number of aromatic nitrogens is 1. The van der Waals surface area contributed by atoms with Gasteiger partial charge in [0.15, 0.2) is 5.82 Å². The second-order valence-electron chi connectivity index (χ2n) is 5.06. The number of hydrogen-bond acceptors (Lipinski definition) is 2. The van der Waals surface area contributed by atoms with E-state index >= 15 is 0 Å². The van der Waals surface area contributed by atoms with Gasteiger partial charge in [-0.15, -0.1) is 0 Å². The van der Waals surface area contributed by atoms with Crippen LogP contribution in [0.2, 0.25) is 10.0 Å². The topological polar surface area (TPSA) is 24.9 Å². The van der Waals surface area contributed by atoms with Crippen LogP contribution in [0.3, 0.4) is 0 Å². The molecular weight excluding hydrogens is 298 g/mol. The highest BCUT2D eigenvalue weighted by Gasteiger charge is 2.16. The first kappa shape index (κ1) is 15.3. The molecule has 2 rings (SSSR count). The van der Waals surface area contributed by atoms with E-state index in [1.165, 1.54) is 6.07 Å². The van der Waals surface area contributed by atoms with Gasteiger partial charge in [-0.1, -0.05) is 44.0 Å². The minimum absolute atomic E-state index is 0.00580. The maximum atomic E-state index is 13.8. The molecule has 0 aliphatic rings. The summed E-state index contributed by atoms with van der Waals surface area (Å²) in [6.45, 7) is 7.06. The number of halogens is 3. The van der Waals surface area contributed by atoms with Crippen molar-refractivity contribution >= 4 is 39.9 Å². The van der Waals surface area contributed by atoms with Crippen molar-refractivity contribution in [3.05, 3.63) is 33.6 Å². The van der Waals surface area contributed by atoms with Gasteiger partial charge in [0.25, 0.3) is 0 Å². The maximum absolute atomic E-state index is 13.8. The van der Waals surface area contributed by atoms with E-state index in [2.05, 4.69) is 31.1 Å². The van der Waals surface area contributed by atoms with Crippen LogP contribution >= 0.6 is 23.2 Å². The van der Waals surface area contributed by atoms with Gasteiger partial charge < -0.3 is 5.32 Å². The van der Waals surface area contributed by atoms with Gasteiger partial charge >= 0.3 is 0 Å². The lowest BCUT2D eigenvalue weighted by atomic mass is 10.0. The number of nitrogens with zero attached hydrogens (tertiary/aromatic N) is 1. The van der Waals surface area contributed by atoms with Crippen LogP contribution in [0.1, 0.15) is 38.7 Å². The number of hydrogen-bond donors (Lipinski definition) is 1. The Hall–Kier alpha value is -1.06. The number of rotatable bonds is 4. The lowest BCUT2D eigenvalue weighted by molar-refractivity contribution is 0.630. The van der Waals surface area contributed by atoms with Gasteiger partial charge in [-0.25, -0.2) is 9.37 Å². The third-order valence-electron chi connectivity index (χ3n) is 3.15. The Labute approximate surface area is 128 Å². The van der Waals surface area contributed by atoms with Gasteiger partial charge in [0.2, 0.25) is 0 Å². The summed E-state index contributed by atoms with van der Waals surface area (Å²) in [4.78, 5) is 4.55. The molecule has 0 saturated heterocycles. The highest BCUT2D eigenvalue weighted by molar-refractivity contribution is 6.38. The zero-order chi connectivity index (χ0) is 14.9. The van der Waals surface area contributed by atoms with Gasteiger partial charge in [-0.05, 0) is 30.0 Å². The molecule has 0 fully saturated rings. The van der Waals surface area contributed by atoms with Gasteiger partial charge in [-0.2, -0.15) is 0 Å². The second-order valence-corrected chi connectivity index (χ2v) is 5.85. The normalized spacial score (nSPS) is 11.3. The summed E-state index contributed by atoms with van der Waals surface area (Å²) in [6.07, 6.45) is 1.00. The monoisotopic (exact) mass is 314 g/mol. The molecule has 0 spiro atoms. The largest absolute Gasteiger partial charge is 0.370 e. The van der Waals surface area contributed by atoms with E-state index in [0.717, 1.165) is 24.3 Å². The lowest BCUT2D eigenvalue weighted by Gasteiger charge is -2.15. The van der Waals surface area contributed by atoms with Gasteiger partial charge in [0, 0.05) is 11.9 Å². The molecule has 108 valence electrons. The van der Waals surface area contributed by atoms with Crippen molar-refractivity contribution in [1.82, 2.24) is 4.98 Å². The molecule has 0 aliphatic heterocycles. The SMILES string of the molecule is CCCNc1nc2cc(Cl)c(F)c(Cl)c2cc1C(C)C. The summed E-state index contributed by atoms with van der Waals surface area (Å²) in [6, 6.07) is 3.41. The third kappa shape index (κ3) is 2.84. The van der Waals surface area contributed by atoms with Crippen LogP contribution in [0, 0.1) is 5.82 Å². The van der Waals surface area contributed by atoms with Crippen molar-refractivity contribution in [3.63, 3.8) is 0 Å². The number of nitrogens with one attached hydrogen (secondary N) is 1. The van der Waals surface area contributed by atoms with E-state index in [4.69, 9.17) is 23.2 Å². The van der Waals surface area contributed by atoms with Crippen LogP contribution in [0.25, 0.3) is 10.9 Å². The molecule has 2 nitrogen and oxygen atoms in total. The van der Waals surface area contributed by atoms with Gasteiger partial charge in [0.05, 0.1) is 15.6 Å². The number of pyridine rings is 1. The van der Waals surface area contributed by atoms with Gasteiger partial charge in [0.1, 0.15) is 5.82 Å². The summed E-state index contributed by atoms with van der Waals surface area (Å²) in [5, 5.41) is 3.92. The molecule has 1 heterocycles. The molecule has 1 aromatic heterocycles.